The molecule has 5 heteroatoms. The van der Waals surface area contributed by atoms with Crippen molar-refractivity contribution in [2.75, 3.05) is 18.0 Å². The highest BCUT2D eigenvalue weighted by Crippen LogP contribution is 2.16. The van der Waals surface area contributed by atoms with Crippen molar-refractivity contribution in [2.45, 2.75) is 13.8 Å². The largest absolute Gasteiger partial charge is 0.355 e. The summed E-state index contributed by atoms with van der Waals surface area (Å²) in [6, 6.07) is 0. The molecule has 0 fully saturated rings. The van der Waals surface area contributed by atoms with Crippen LogP contribution in [0, 0.1) is 5.82 Å². The van der Waals surface area contributed by atoms with Crippen molar-refractivity contribution < 1.29 is 4.39 Å². The molecule has 0 bridgehead atoms. The molecule has 0 radical (unpaired) electrons. The quantitative estimate of drug-likeness (QED) is 0.705. The van der Waals surface area contributed by atoms with Crippen molar-refractivity contribution in [1.82, 2.24) is 9.97 Å². The number of anilines is 1. The van der Waals surface area contributed by atoms with E-state index in [1.165, 1.54) is 0 Å². The molecular formula is C8H11ClFN3. The van der Waals surface area contributed by atoms with E-state index in [9.17, 15) is 4.39 Å². The summed E-state index contributed by atoms with van der Waals surface area (Å²) >= 11 is 5.56. The predicted molar refractivity (Wildman–Crippen MR) is 50.6 cm³/mol. The van der Waals surface area contributed by atoms with Gasteiger partial charge in [0.1, 0.15) is 0 Å². The number of aromatic nitrogens is 2. The third-order valence-corrected chi connectivity index (χ3v) is 1.94. The molecular weight excluding hydrogens is 193 g/mol. The smallest absolute Gasteiger partial charge is 0.224 e. The maximum Gasteiger partial charge on any atom is 0.224 e. The van der Waals surface area contributed by atoms with E-state index in [2.05, 4.69) is 9.97 Å². The number of halogens is 2. The van der Waals surface area contributed by atoms with E-state index in [0.29, 0.717) is 13.1 Å². The Morgan fingerprint density at radius 2 is 2.08 bits per heavy atom. The van der Waals surface area contributed by atoms with Gasteiger partial charge >= 0.3 is 0 Å². The highest BCUT2D eigenvalue weighted by molar-refractivity contribution is 6.28. The lowest BCUT2D eigenvalue weighted by Gasteiger charge is -2.19. The number of hydrogen-bond donors (Lipinski definition) is 0. The summed E-state index contributed by atoms with van der Waals surface area (Å²) in [5.74, 6) is -0.168. The Morgan fingerprint density at radius 1 is 1.46 bits per heavy atom. The van der Waals surface area contributed by atoms with E-state index < -0.39 is 5.82 Å². The molecule has 1 rings (SSSR count). The van der Waals surface area contributed by atoms with Crippen molar-refractivity contribution in [1.29, 1.82) is 0 Å². The normalized spacial score (nSPS) is 10.2. The van der Waals surface area contributed by atoms with Crippen LogP contribution in [0.1, 0.15) is 13.8 Å². The molecule has 0 spiro atoms. The molecule has 0 amide bonds. The van der Waals surface area contributed by atoms with Crippen molar-refractivity contribution in [3.63, 3.8) is 0 Å². The molecule has 0 aliphatic rings. The molecule has 72 valence electrons. The fourth-order valence-corrected chi connectivity index (χ4v) is 1.21. The highest BCUT2D eigenvalue weighted by Gasteiger charge is 2.10. The third-order valence-electron chi connectivity index (χ3n) is 1.76. The summed E-state index contributed by atoms with van der Waals surface area (Å²) in [4.78, 5) is 9.14. The minimum Gasteiger partial charge on any atom is -0.355 e. The van der Waals surface area contributed by atoms with Crippen molar-refractivity contribution in [2.24, 2.45) is 0 Å². The Hall–Kier alpha value is -0.900. The lowest BCUT2D eigenvalue weighted by molar-refractivity contribution is 0.604. The highest BCUT2D eigenvalue weighted by atomic mass is 35.5. The van der Waals surface area contributed by atoms with Gasteiger partial charge in [-0.2, -0.15) is 4.98 Å². The van der Waals surface area contributed by atoms with Gasteiger partial charge in [-0.05, 0) is 25.4 Å². The molecule has 1 aromatic rings. The van der Waals surface area contributed by atoms with E-state index in [4.69, 9.17) is 11.6 Å². The van der Waals surface area contributed by atoms with Crippen LogP contribution in [0.15, 0.2) is 6.20 Å². The molecule has 13 heavy (non-hydrogen) atoms. The minimum atomic E-state index is -0.437. The van der Waals surface area contributed by atoms with E-state index >= 15 is 0 Å². The second kappa shape index (κ2) is 4.37. The van der Waals surface area contributed by atoms with Crippen molar-refractivity contribution in [3.05, 3.63) is 17.3 Å². The van der Waals surface area contributed by atoms with Crippen LogP contribution in [-0.4, -0.2) is 23.1 Å². The molecule has 0 aliphatic heterocycles. The zero-order valence-corrected chi connectivity index (χ0v) is 8.35. The van der Waals surface area contributed by atoms with Crippen molar-refractivity contribution in [3.8, 4) is 0 Å². The summed E-state index contributed by atoms with van der Waals surface area (Å²) in [5, 5.41) is 0.0725. The van der Waals surface area contributed by atoms with Gasteiger partial charge in [-0.25, -0.2) is 9.37 Å². The standard InChI is InChI=1S/C8H11ClFN3/c1-3-13(4-2)7-6(10)5-11-8(9)12-7/h5H,3-4H2,1-2H3. The van der Waals surface area contributed by atoms with Crippen LogP contribution in [0.4, 0.5) is 10.2 Å². The van der Waals surface area contributed by atoms with Gasteiger partial charge < -0.3 is 4.90 Å². The van der Waals surface area contributed by atoms with E-state index in [1.807, 2.05) is 13.8 Å². The summed E-state index contributed by atoms with van der Waals surface area (Å²) < 4.78 is 13.2. The van der Waals surface area contributed by atoms with Gasteiger partial charge in [-0.3, -0.25) is 0 Å². The number of nitrogens with zero attached hydrogens (tertiary/aromatic N) is 3. The third kappa shape index (κ3) is 2.28. The number of rotatable bonds is 3. The molecule has 0 saturated heterocycles. The summed E-state index contributed by atoms with van der Waals surface area (Å²) in [7, 11) is 0. The summed E-state index contributed by atoms with van der Waals surface area (Å²) in [5.41, 5.74) is 0. The molecule has 0 aliphatic carbocycles. The van der Waals surface area contributed by atoms with Gasteiger partial charge in [0.15, 0.2) is 11.6 Å². The minimum absolute atomic E-state index is 0.0725. The monoisotopic (exact) mass is 203 g/mol. The average Bonchev–Trinajstić information content (AvgIpc) is 2.13. The average molecular weight is 204 g/mol. The Labute approximate surface area is 81.6 Å². The maximum absolute atomic E-state index is 13.2. The van der Waals surface area contributed by atoms with Crippen LogP contribution < -0.4 is 4.90 Å². The molecule has 3 nitrogen and oxygen atoms in total. The van der Waals surface area contributed by atoms with Gasteiger partial charge in [0.25, 0.3) is 0 Å². The topological polar surface area (TPSA) is 29.0 Å². The van der Waals surface area contributed by atoms with Gasteiger partial charge in [-0.1, -0.05) is 0 Å². The molecule has 0 N–H and O–H groups in total. The Kier molecular flexibility index (Phi) is 3.42. The van der Waals surface area contributed by atoms with E-state index in [0.717, 1.165) is 6.20 Å². The maximum atomic E-state index is 13.2. The fourth-order valence-electron chi connectivity index (χ4n) is 1.08. The summed E-state index contributed by atoms with van der Waals surface area (Å²) in [6.07, 6.45) is 1.09. The van der Waals surface area contributed by atoms with Crippen LogP contribution in [-0.2, 0) is 0 Å². The molecule has 0 aromatic carbocycles. The first kappa shape index (κ1) is 10.2. The zero-order chi connectivity index (χ0) is 9.84. The van der Waals surface area contributed by atoms with Gasteiger partial charge in [0.2, 0.25) is 5.28 Å². The first-order valence-electron chi connectivity index (χ1n) is 4.12. The SMILES string of the molecule is CCN(CC)c1nc(Cl)ncc1F. The van der Waals surface area contributed by atoms with Gasteiger partial charge in [-0.15, -0.1) is 0 Å². The number of hydrogen-bond acceptors (Lipinski definition) is 3. The molecule has 0 unspecified atom stereocenters. The van der Waals surface area contributed by atoms with Crippen LogP contribution in [0.5, 0.6) is 0 Å². The van der Waals surface area contributed by atoms with Crippen LogP contribution in [0.2, 0.25) is 5.28 Å². The van der Waals surface area contributed by atoms with Crippen LogP contribution in [0.3, 0.4) is 0 Å². The Balaban J connectivity index is 3.03. The fraction of sp³-hybridized carbons (Fsp3) is 0.500. The Bertz CT molecular complexity index is 289. The van der Waals surface area contributed by atoms with Crippen LogP contribution in [0.25, 0.3) is 0 Å². The molecule has 0 atom stereocenters. The second-order valence-electron chi connectivity index (χ2n) is 2.48. The molecule has 0 saturated carbocycles. The first-order chi connectivity index (χ1) is 6.19. The summed E-state index contributed by atoms with van der Waals surface area (Å²) in [6.45, 7) is 5.25. The lowest BCUT2D eigenvalue weighted by Crippen LogP contribution is -2.24. The van der Waals surface area contributed by atoms with Gasteiger partial charge in [0.05, 0.1) is 6.20 Å². The molecule has 1 aromatic heterocycles. The van der Waals surface area contributed by atoms with Gasteiger partial charge in [0, 0.05) is 13.1 Å². The second-order valence-corrected chi connectivity index (χ2v) is 2.82. The lowest BCUT2D eigenvalue weighted by atomic mass is 10.4. The van der Waals surface area contributed by atoms with Crippen molar-refractivity contribution >= 4 is 17.4 Å². The first-order valence-corrected chi connectivity index (χ1v) is 4.49. The molecule has 1 heterocycles. The predicted octanol–water partition coefficient (Wildman–Crippen LogP) is 2.12. The van der Waals surface area contributed by atoms with E-state index in [1.54, 1.807) is 4.90 Å². The van der Waals surface area contributed by atoms with E-state index in [-0.39, 0.29) is 11.1 Å². The zero-order valence-electron chi connectivity index (χ0n) is 7.59. The Morgan fingerprint density at radius 3 is 2.62 bits per heavy atom. The van der Waals surface area contributed by atoms with Crippen LogP contribution >= 0.6 is 11.6 Å².